The van der Waals surface area contributed by atoms with Gasteiger partial charge in [-0.25, -0.2) is 4.98 Å². The Morgan fingerprint density at radius 3 is 3.00 bits per heavy atom. The molecule has 0 aromatic carbocycles. The van der Waals surface area contributed by atoms with Gasteiger partial charge in [0.05, 0.1) is 24.3 Å². The van der Waals surface area contributed by atoms with Crippen LogP contribution >= 0.6 is 0 Å². The van der Waals surface area contributed by atoms with Gasteiger partial charge in [0.2, 0.25) is 0 Å². The summed E-state index contributed by atoms with van der Waals surface area (Å²) in [5.74, 6) is 0. The Morgan fingerprint density at radius 2 is 2.12 bits per heavy atom. The first-order chi connectivity index (χ1) is 8.33. The van der Waals surface area contributed by atoms with Gasteiger partial charge in [-0.3, -0.25) is 4.98 Å². The van der Waals surface area contributed by atoms with E-state index in [4.69, 9.17) is 0 Å². The fraction of sp³-hybridized carbons (Fsp3) is 0.429. The van der Waals surface area contributed by atoms with Crippen molar-refractivity contribution in [3.05, 3.63) is 47.3 Å². The quantitative estimate of drug-likeness (QED) is 0.789. The monoisotopic (exact) mass is 227 g/mol. The summed E-state index contributed by atoms with van der Waals surface area (Å²) in [6.45, 7) is 2.89. The summed E-state index contributed by atoms with van der Waals surface area (Å²) in [7, 11) is 0. The summed E-state index contributed by atoms with van der Waals surface area (Å²) in [5, 5.41) is 0. The molecule has 3 nitrogen and oxygen atoms in total. The summed E-state index contributed by atoms with van der Waals surface area (Å²) in [4.78, 5) is 9.06. The molecule has 88 valence electrons. The summed E-state index contributed by atoms with van der Waals surface area (Å²) in [6.07, 6.45) is 6.86. The van der Waals surface area contributed by atoms with Crippen molar-refractivity contribution in [2.45, 2.75) is 39.2 Å². The maximum atomic E-state index is 4.55. The number of imidazole rings is 1. The average Bonchev–Trinajstić information content (AvgIpc) is 2.73. The number of rotatable bonds is 2. The number of pyridine rings is 1. The first-order valence-electron chi connectivity index (χ1n) is 6.28. The molecule has 0 aliphatic heterocycles. The minimum Gasteiger partial charge on any atom is -0.328 e. The molecular formula is C14H17N3. The Morgan fingerprint density at radius 1 is 1.24 bits per heavy atom. The molecule has 1 aliphatic rings. The van der Waals surface area contributed by atoms with Crippen LogP contribution in [0.2, 0.25) is 0 Å². The van der Waals surface area contributed by atoms with Gasteiger partial charge in [0.1, 0.15) is 0 Å². The smallest absolute Gasteiger partial charge is 0.0955 e. The molecule has 3 heteroatoms. The van der Waals surface area contributed by atoms with Crippen LogP contribution in [0.25, 0.3) is 0 Å². The SMILES string of the molecule is Cc1cccc(Cn2cnc3c2CCCC3)n1. The van der Waals surface area contributed by atoms with Gasteiger partial charge in [0.15, 0.2) is 0 Å². The minimum absolute atomic E-state index is 0.851. The fourth-order valence-corrected chi connectivity index (χ4v) is 2.53. The predicted molar refractivity (Wildman–Crippen MR) is 66.9 cm³/mol. The second-order valence-electron chi connectivity index (χ2n) is 4.74. The highest BCUT2D eigenvalue weighted by Gasteiger charge is 2.15. The molecule has 17 heavy (non-hydrogen) atoms. The number of nitrogens with zero attached hydrogens (tertiary/aromatic N) is 3. The van der Waals surface area contributed by atoms with Crippen LogP contribution in [-0.2, 0) is 19.4 Å². The van der Waals surface area contributed by atoms with Crippen LogP contribution < -0.4 is 0 Å². The number of fused-ring (bicyclic) bond motifs is 1. The predicted octanol–water partition coefficient (Wildman–Crippen LogP) is 2.51. The van der Waals surface area contributed by atoms with Gasteiger partial charge >= 0.3 is 0 Å². The fourth-order valence-electron chi connectivity index (χ4n) is 2.53. The Bertz CT molecular complexity index is 528. The summed E-state index contributed by atoms with van der Waals surface area (Å²) in [6, 6.07) is 6.19. The molecule has 0 atom stereocenters. The van der Waals surface area contributed by atoms with Gasteiger partial charge in [-0.2, -0.15) is 0 Å². The lowest BCUT2D eigenvalue weighted by Gasteiger charge is -2.13. The van der Waals surface area contributed by atoms with E-state index in [-0.39, 0.29) is 0 Å². The van der Waals surface area contributed by atoms with Crippen molar-refractivity contribution in [1.82, 2.24) is 14.5 Å². The van der Waals surface area contributed by atoms with Crippen molar-refractivity contribution >= 4 is 0 Å². The zero-order valence-electron chi connectivity index (χ0n) is 10.2. The number of hydrogen-bond donors (Lipinski definition) is 0. The van der Waals surface area contributed by atoms with Crippen LogP contribution in [-0.4, -0.2) is 14.5 Å². The van der Waals surface area contributed by atoms with E-state index in [1.807, 2.05) is 19.3 Å². The zero-order valence-corrected chi connectivity index (χ0v) is 10.2. The molecule has 0 spiro atoms. The highest BCUT2D eigenvalue weighted by molar-refractivity contribution is 5.18. The maximum absolute atomic E-state index is 4.55. The van der Waals surface area contributed by atoms with Gasteiger partial charge in [-0.15, -0.1) is 0 Å². The first-order valence-corrected chi connectivity index (χ1v) is 6.28. The zero-order chi connectivity index (χ0) is 11.7. The molecule has 2 heterocycles. The van der Waals surface area contributed by atoms with E-state index in [1.54, 1.807) is 0 Å². The summed E-state index contributed by atoms with van der Waals surface area (Å²) in [5.41, 5.74) is 4.91. The third kappa shape index (κ3) is 2.09. The lowest BCUT2D eigenvalue weighted by Crippen LogP contribution is -2.09. The molecule has 2 aromatic heterocycles. The second-order valence-corrected chi connectivity index (χ2v) is 4.74. The molecule has 0 bridgehead atoms. The van der Waals surface area contributed by atoms with E-state index >= 15 is 0 Å². The largest absolute Gasteiger partial charge is 0.328 e. The lowest BCUT2D eigenvalue weighted by atomic mass is 10.0. The van der Waals surface area contributed by atoms with Crippen molar-refractivity contribution in [3.8, 4) is 0 Å². The third-order valence-electron chi connectivity index (χ3n) is 3.39. The van der Waals surface area contributed by atoms with Crippen molar-refractivity contribution in [1.29, 1.82) is 0 Å². The molecule has 0 fully saturated rings. The minimum atomic E-state index is 0.851. The highest BCUT2D eigenvalue weighted by atomic mass is 15.1. The maximum Gasteiger partial charge on any atom is 0.0955 e. The Labute approximate surface area is 102 Å². The number of aromatic nitrogens is 3. The number of aryl methyl sites for hydroxylation is 2. The summed E-state index contributed by atoms with van der Waals surface area (Å²) >= 11 is 0. The van der Waals surface area contributed by atoms with Gasteiger partial charge in [-0.05, 0) is 44.7 Å². The molecule has 0 unspecified atom stereocenters. The van der Waals surface area contributed by atoms with E-state index in [1.165, 1.54) is 30.7 Å². The van der Waals surface area contributed by atoms with Crippen molar-refractivity contribution in [2.24, 2.45) is 0 Å². The molecule has 0 saturated carbocycles. The van der Waals surface area contributed by atoms with Crippen molar-refractivity contribution in [3.63, 3.8) is 0 Å². The standard InChI is InChI=1S/C14H17N3/c1-11-5-4-6-12(16-11)9-17-10-15-13-7-2-3-8-14(13)17/h4-6,10H,2-3,7-9H2,1H3. The second kappa shape index (κ2) is 4.32. The molecule has 1 aliphatic carbocycles. The Kier molecular flexibility index (Phi) is 2.67. The Hall–Kier alpha value is -1.64. The van der Waals surface area contributed by atoms with Gasteiger partial charge in [0, 0.05) is 11.4 Å². The molecule has 0 radical (unpaired) electrons. The van der Waals surface area contributed by atoms with E-state index in [2.05, 4.69) is 26.7 Å². The van der Waals surface area contributed by atoms with E-state index in [0.717, 1.165) is 24.4 Å². The molecule has 2 aromatic rings. The van der Waals surface area contributed by atoms with Crippen LogP contribution in [0.3, 0.4) is 0 Å². The van der Waals surface area contributed by atoms with Crippen LogP contribution in [0.1, 0.15) is 35.6 Å². The molecule has 0 N–H and O–H groups in total. The van der Waals surface area contributed by atoms with Crippen LogP contribution in [0, 0.1) is 6.92 Å². The van der Waals surface area contributed by atoms with Crippen molar-refractivity contribution < 1.29 is 0 Å². The van der Waals surface area contributed by atoms with Crippen LogP contribution in [0.5, 0.6) is 0 Å². The van der Waals surface area contributed by atoms with E-state index < -0.39 is 0 Å². The molecule has 0 saturated heterocycles. The van der Waals surface area contributed by atoms with Gasteiger partial charge < -0.3 is 4.57 Å². The first kappa shape index (κ1) is 10.5. The van der Waals surface area contributed by atoms with Crippen molar-refractivity contribution in [2.75, 3.05) is 0 Å². The summed E-state index contributed by atoms with van der Waals surface area (Å²) < 4.78 is 2.26. The van der Waals surface area contributed by atoms with Crippen LogP contribution in [0.4, 0.5) is 0 Å². The van der Waals surface area contributed by atoms with Gasteiger partial charge in [0.25, 0.3) is 0 Å². The number of hydrogen-bond acceptors (Lipinski definition) is 2. The third-order valence-corrected chi connectivity index (χ3v) is 3.39. The molecule has 0 amide bonds. The topological polar surface area (TPSA) is 30.7 Å². The normalized spacial score (nSPS) is 14.6. The van der Waals surface area contributed by atoms with E-state index in [9.17, 15) is 0 Å². The highest BCUT2D eigenvalue weighted by Crippen LogP contribution is 2.20. The average molecular weight is 227 g/mol. The molecular weight excluding hydrogens is 210 g/mol. The molecule has 3 rings (SSSR count). The Balaban J connectivity index is 1.88. The van der Waals surface area contributed by atoms with E-state index in [0.29, 0.717) is 0 Å². The van der Waals surface area contributed by atoms with Gasteiger partial charge in [-0.1, -0.05) is 6.07 Å². The van der Waals surface area contributed by atoms with Crippen LogP contribution in [0.15, 0.2) is 24.5 Å². The lowest BCUT2D eigenvalue weighted by molar-refractivity contribution is 0.624.